The predicted octanol–water partition coefficient (Wildman–Crippen LogP) is 5.24. The molecular weight excluding hydrogens is 456 g/mol. The number of rotatable bonds is 7. The van der Waals surface area contributed by atoms with Gasteiger partial charge < -0.3 is 5.32 Å². The summed E-state index contributed by atoms with van der Waals surface area (Å²) in [5.74, 6) is 0.743. The van der Waals surface area contributed by atoms with Crippen LogP contribution >= 0.6 is 0 Å². The van der Waals surface area contributed by atoms with E-state index in [1.165, 1.54) is 30.4 Å². The first-order chi connectivity index (χ1) is 17.1. The lowest BCUT2D eigenvalue weighted by Gasteiger charge is -2.20. The quantitative estimate of drug-likeness (QED) is 0.490. The van der Waals surface area contributed by atoms with Crippen molar-refractivity contribution in [2.75, 3.05) is 25.0 Å². The second-order valence-corrected chi connectivity index (χ2v) is 11.6. The highest BCUT2D eigenvalue weighted by molar-refractivity contribution is 7.89. The largest absolute Gasteiger partial charge is 0.368 e. The number of anilines is 1. The van der Waals surface area contributed by atoms with Crippen LogP contribution in [0, 0.1) is 0 Å². The Morgan fingerprint density at radius 3 is 2.23 bits per heavy atom. The van der Waals surface area contributed by atoms with Gasteiger partial charge in [-0.05, 0) is 92.0 Å². The van der Waals surface area contributed by atoms with Gasteiger partial charge in [0, 0.05) is 25.2 Å². The van der Waals surface area contributed by atoms with E-state index < -0.39 is 10.0 Å². The molecule has 0 spiro atoms. The Morgan fingerprint density at radius 1 is 0.771 bits per heavy atom. The summed E-state index contributed by atoms with van der Waals surface area (Å²) in [5, 5.41) is 12.1. The van der Waals surface area contributed by atoms with Crippen molar-refractivity contribution in [1.82, 2.24) is 14.5 Å². The maximum atomic E-state index is 12.9. The zero-order chi connectivity index (χ0) is 24.1. The average molecular weight is 491 g/mol. The minimum atomic E-state index is -3.40. The van der Waals surface area contributed by atoms with Gasteiger partial charge in [-0.1, -0.05) is 37.1 Å². The summed E-state index contributed by atoms with van der Waals surface area (Å²) in [6.45, 7) is 1.95. The number of fused-ring (bicyclic) bond motifs is 1. The van der Waals surface area contributed by atoms with Gasteiger partial charge in [0.15, 0.2) is 0 Å². The average Bonchev–Trinajstić information content (AvgIpc) is 3.20. The van der Waals surface area contributed by atoms with E-state index in [0.717, 1.165) is 61.2 Å². The van der Waals surface area contributed by atoms with Crippen LogP contribution in [-0.4, -0.2) is 42.6 Å². The van der Waals surface area contributed by atoms with Crippen molar-refractivity contribution in [3.63, 3.8) is 0 Å². The van der Waals surface area contributed by atoms with Crippen molar-refractivity contribution in [1.29, 1.82) is 0 Å². The van der Waals surface area contributed by atoms with E-state index in [1.54, 1.807) is 16.4 Å². The molecule has 7 heteroatoms. The molecule has 0 radical (unpaired) electrons. The van der Waals surface area contributed by atoms with E-state index in [2.05, 4.69) is 33.7 Å². The fourth-order valence-corrected chi connectivity index (χ4v) is 6.58. The molecule has 1 N–H and O–H groups in total. The summed E-state index contributed by atoms with van der Waals surface area (Å²) in [7, 11) is -3.40. The van der Waals surface area contributed by atoms with Gasteiger partial charge in [-0.25, -0.2) is 8.42 Å². The highest BCUT2D eigenvalue weighted by atomic mass is 32.2. The molecule has 1 saturated heterocycles. The summed E-state index contributed by atoms with van der Waals surface area (Å²) in [6.07, 6.45) is 9.77. The van der Waals surface area contributed by atoms with E-state index >= 15 is 0 Å². The van der Waals surface area contributed by atoms with Crippen LogP contribution in [0.4, 0.5) is 5.82 Å². The molecule has 0 bridgehead atoms. The first-order valence-electron chi connectivity index (χ1n) is 12.9. The van der Waals surface area contributed by atoms with E-state index in [4.69, 9.17) is 0 Å². The fourth-order valence-electron chi connectivity index (χ4n) is 5.07. The lowest BCUT2D eigenvalue weighted by Crippen LogP contribution is -2.31. The molecule has 0 unspecified atom stereocenters. The lowest BCUT2D eigenvalue weighted by molar-refractivity contribution is 0.423. The van der Waals surface area contributed by atoms with Crippen molar-refractivity contribution in [3.05, 3.63) is 71.3 Å². The monoisotopic (exact) mass is 490 g/mol. The third-order valence-electron chi connectivity index (χ3n) is 7.15. The fraction of sp³-hybridized carbons (Fsp3) is 0.429. The van der Waals surface area contributed by atoms with E-state index in [9.17, 15) is 8.42 Å². The molecule has 0 saturated carbocycles. The van der Waals surface area contributed by atoms with Crippen LogP contribution in [-0.2, 0) is 29.3 Å². The van der Waals surface area contributed by atoms with Gasteiger partial charge >= 0.3 is 0 Å². The zero-order valence-corrected chi connectivity index (χ0v) is 21.1. The van der Waals surface area contributed by atoms with Crippen LogP contribution in [0.15, 0.2) is 59.5 Å². The Hall–Kier alpha value is -2.77. The normalized spacial score (nSPS) is 16.9. The number of sulfonamides is 1. The third kappa shape index (κ3) is 5.73. The molecule has 5 rings (SSSR count). The maximum Gasteiger partial charge on any atom is 0.243 e. The molecule has 0 amide bonds. The smallest absolute Gasteiger partial charge is 0.243 e. The SMILES string of the molecule is O=S(=O)(c1ccc(CCNc2ccc(-c3ccc4c(c3)CCCC4)nn2)cc1)N1CCCCCC1. The number of hydrogen-bond donors (Lipinski definition) is 1. The van der Waals surface area contributed by atoms with Crippen LogP contribution in [0.5, 0.6) is 0 Å². The summed E-state index contributed by atoms with van der Waals surface area (Å²) in [4.78, 5) is 0.389. The van der Waals surface area contributed by atoms with Crippen LogP contribution in [0.3, 0.4) is 0 Å². The van der Waals surface area contributed by atoms with Crippen molar-refractivity contribution in [2.45, 2.75) is 62.7 Å². The first kappa shape index (κ1) is 23.9. The van der Waals surface area contributed by atoms with E-state index in [1.807, 2.05) is 24.3 Å². The van der Waals surface area contributed by atoms with Gasteiger partial charge in [0.25, 0.3) is 0 Å². The van der Waals surface area contributed by atoms with Crippen molar-refractivity contribution in [2.24, 2.45) is 0 Å². The number of aromatic nitrogens is 2. The number of hydrogen-bond acceptors (Lipinski definition) is 5. The maximum absolute atomic E-state index is 12.9. The molecule has 184 valence electrons. The lowest BCUT2D eigenvalue weighted by atomic mass is 9.90. The Bertz CT molecular complexity index is 1230. The number of aryl methyl sites for hydroxylation is 2. The van der Waals surface area contributed by atoms with Gasteiger partial charge in [0.05, 0.1) is 10.6 Å². The predicted molar refractivity (Wildman–Crippen MR) is 140 cm³/mol. The highest BCUT2D eigenvalue weighted by Crippen LogP contribution is 2.26. The number of benzene rings is 2. The third-order valence-corrected chi connectivity index (χ3v) is 9.07. The van der Waals surface area contributed by atoms with Crippen LogP contribution in [0.2, 0.25) is 0 Å². The second-order valence-electron chi connectivity index (χ2n) is 9.63. The molecule has 0 atom stereocenters. The van der Waals surface area contributed by atoms with Crippen molar-refractivity contribution >= 4 is 15.8 Å². The van der Waals surface area contributed by atoms with Gasteiger partial charge in [-0.2, -0.15) is 4.31 Å². The van der Waals surface area contributed by atoms with Gasteiger partial charge in [0.1, 0.15) is 5.82 Å². The molecule has 1 aliphatic heterocycles. The summed E-state index contributed by atoms with van der Waals surface area (Å²) >= 11 is 0. The Balaban J connectivity index is 1.15. The van der Waals surface area contributed by atoms with Gasteiger partial charge in [-0.15, -0.1) is 10.2 Å². The van der Waals surface area contributed by atoms with Crippen molar-refractivity contribution < 1.29 is 8.42 Å². The van der Waals surface area contributed by atoms with Gasteiger partial charge in [-0.3, -0.25) is 0 Å². The molecule has 35 heavy (non-hydrogen) atoms. The minimum Gasteiger partial charge on any atom is -0.368 e. The van der Waals surface area contributed by atoms with Crippen LogP contribution in [0.1, 0.15) is 55.2 Å². The topological polar surface area (TPSA) is 75.2 Å². The molecular formula is C28H34N4O2S. The zero-order valence-electron chi connectivity index (χ0n) is 20.2. The van der Waals surface area contributed by atoms with Crippen molar-refractivity contribution in [3.8, 4) is 11.3 Å². The minimum absolute atomic E-state index is 0.389. The molecule has 3 aromatic rings. The standard InChI is InChI=1S/C28H34N4O2S/c33-35(34,32-19-5-1-2-6-20-32)26-13-9-22(10-14-26)17-18-29-28-16-15-27(30-31-28)25-12-11-23-7-3-4-8-24(23)21-25/h9-16,21H,1-8,17-20H2,(H,29,31). The molecule has 1 fully saturated rings. The molecule has 2 aliphatic rings. The Kier molecular flexibility index (Phi) is 7.44. The molecule has 1 aromatic heterocycles. The Morgan fingerprint density at radius 2 is 1.51 bits per heavy atom. The first-order valence-corrected chi connectivity index (χ1v) is 14.3. The molecule has 1 aliphatic carbocycles. The number of nitrogens with one attached hydrogen (secondary N) is 1. The Labute approximate surface area is 208 Å². The van der Waals surface area contributed by atoms with Gasteiger partial charge in [0.2, 0.25) is 10.0 Å². The van der Waals surface area contributed by atoms with Crippen LogP contribution < -0.4 is 5.32 Å². The molecule has 6 nitrogen and oxygen atoms in total. The summed E-state index contributed by atoms with van der Waals surface area (Å²) in [6, 6.07) is 17.9. The summed E-state index contributed by atoms with van der Waals surface area (Å²) in [5.41, 5.74) is 6.03. The number of nitrogens with zero attached hydrogens (tertiary/aromatic N) is 3. The second kappa shape index (κ2) is 10.9. The van der Waals surface area contributed by atoms with E-state index in [0.29, 0.717) is 24.5 Å². The van der Waals surface area contributed by atoms with Crippen LogP contribution in [0.25, 0.3) is 11.3 Å². The molecule has 2 aromatic carbocycles. The highest BCUT2D eigenvalue weighted by Gasteiger charge is 2.24. The molecule has 2 heterocycles. The summed E-state index contributed by atoms with van der Waals surface area (Å²) < 4.78 is 27.5. The van der Waals surface area contributed by atoms with E-state index in [-0.39, 0.29) is 0 Å².